The van der Waals surface area contributed by atoms with Gasteiger partial charge in [0.05, 0.1) is 6.04 Å². The minimum Gasteiger partial charge on any atom is -0.384 e. The van der Waals surface area contributed by atoms with Crippen molar-refractivity contribution in [1.29, 1.82) is 0 Å². The number of hydrogen-bond acceptors (Lipinski definition) is 4. The van der Waals surface area contributed by atoms with E-state index in [1.165, 1.54) is 0 Å². The normalized spacial score (nSPS) is 11.9. The van der Waals surface area contributed by atoms with E-state index in [1.807, 2.05) is 6.92 Å². The summed E-state index contributed by atoms with van der Waals surface area (Å²) in [4.78, 5) is 19.6. The third-order valence-corrected chi connectivity index (χ3v) is 2.25. The van der Waals surface area contributed by atoms with Crippen LogP contribution < -0.4 is 16.4 Å². The molecular weight excluding hydrogens is 218 g/mol. The quantitative estimate of drug-likeness (QED) is 0.671. The lowest BCUT2D eigenvalue weighted by Crippen LogP contribution is -2.38. The van der Waals surface area contributed by atoms with Crippen molar-refractivity contribution in [3.8, 4) is 0 Å². The van der Waals surface area contributed by atoms with Crippen LogP contribution in [0.3, 0.4) is 0 Å². The van der Waals surface area contributed by atoms with Gasteiger partial charge in [-0.05, 0) is 19.4 Å². The zero-order valence-electron chi connectivity index (χ0n) is 10.2. The van der Waals surface area contributed by atoms with Gasteiger partial charge in [-0.2, -0.15) is 0 Å². The zero-order valence-corrected chi connectivity index (χ0v) is 10.2. The average molecular weight is 237 g/mol. The summed E-state index contributed by atoms with van der Waals surface area (Å²) in [6.45, 7) is 4.56. The molecule has 0 aromatic carbocycles. The van der Waals surface area contributed by atoms with Crippen LogP contribution in [0.1, 0.15) is 38.6 Å². The van der Waals surface area contributed by atoms with Gasteiger partial charge in [0.15, 0.2) is 5.82 Å². The molecule has 0 aliphatic heterocycles. The summed E-state index contributed by atoms with van der Waals surface area (Å²) in [5.41, 5.74) is 5.55. The van der Waals surface area contributed by atoms with Gasteiger partial charge in [-0.25, -0.2) is 14.8 Å². The van der Waals surface area contributed by atoms with E-state index < -0.39 is 0 Å². The van der Waals surface area contributed by atoms with Crippen LogP contribution >= 0.6 is 0 Å². The summed E-state index contributed by atoms with van der Waals surface area (Å²) >= 11 is 0. The lowest BCUT2D eigenvalue weighted by Gasteiger charge is -2.13. The number of carbonyl (C=O) groups excluding carboxylic acids is 1. The predicted molar refractivity (Wildman–Crippen MR) is 66.3 cm³/mol. The molecule has 1 atom stereocenters. The van der Waals surface area contributed by atoms with Gasteiger partial charge in [0.1, 0.15) is 5.82 Å². The molecule has 0 aliphatic rings. The van der Waals surface area contributed by atoms with Crippen LogP contribution in [0.15, 0.2) is 12.3 Å². The molecule has 0 radical (unpaired) electrons. The number of hydrogen-bond donors (Lipinski definition) is 3. The zero-order chi connectivity index (χ0) is 12.7. The van der Waals surface area contributed by atoms with E-state index in [1.54, 1.807) is 12.3 Å². The molecule has 2 amide bonds. The Balaban J connectivity index is 2.43. The number of carbonyl (C=O) groups is 1. The Labute approximate surface area is 101 Å². The minimum atomic E-state index is -0.264. The first-order chi connectivity index (χ1) is 8.13. The number of nitrogens with two attached hydrogens (primary N) is 1. The molecule has 6 heteroatoms. The molecular formula is C11H19N5O. The largest absolute Gasteiger partial charge is 0.384 e. The Morgan fingerprint density at radius 2 is 2.35 bits per heavy atom. The SMILES string of the molecule is CCCCNC(=O)N[C@H](C)c1nccc(N)n1. The maximum absolute atomic E-state index is 11.5. The molecule has 6 nitrogen and oxygen atoms in total. The van der Waals surface area contributed by atoms with E-state index in [9.17, 15) is 4.79 Å². The molecule has 4 N–H and O–H groups in total. The highest BCUT2D eigenvalue weighted by atomic mass is 16.2. The first kappa shape index (κ1) is 13.2. The molecule has 1 heterocycles. The van der Waals surface area contributed by atoms with Crippen molar-refractivity contribution >= 4 is 11.8 Å². The molecule has 0 unspecified atom stereocenters. The number of aromatic nitrogens is 2. The van der Waals surface area contributed by atoms with Gasteiger partial charge < -0.3 is 16.4 Å². The van der Waals surface area contributed by atoms with E-state index in [2.05, 4.69) is 27.5 Å². The maximum atomic E-state index is 11.5. The number of urea groups is 1. The number of anilines is 1. The van der Waals surface area contributed by atoms with Crippen molar-refractivity contribution in [2.45, 2.75) is 32.7 Å². The third kappa shape index (κ3) is 4.67. The van der Waals surface area contributed by atoms with Crippen LogP contribution in [0.2, 0.25) is 0 Å². The highest BCUT2D eigenvalue weighted by Crippen LogP contribution is 2.06. The standard InChI is InChI=1S/C11H19N5O/c1-3-4-6-14-11(17)15-8(2)10-13-7-5-9(12)16-10/h5,7-8H,3-4,6H2,1-2H3,(H2,12,13,16)(H2,14,15,17)/t8-/m1/s1. The predicted octanol–water partition coefficient (Wildman–Crippen LogP) is 1.22. The Bertz CT molecular complexity index is 369. The van der Waals surface area contributed by atoms with E-state index in [0.29, 0.717) is 18.2 Å². The Kier molecular flexibility index (Phi) is 5.19. The second kappa shape index (κ2) is 6.67. The van der Waals surface area contributed by atoms with Gasteiger partial charge in [0, 0.05) is 12.7 Å². The summed E-state index contributed by atoms with van der Waals surface area (Å²) in [6.07, 6.45) is 3.59. The van der Waals surface area contributed by atoms with Crippen molar-refractivity contribution in [1.82, 2.24) is 20.6 Å². The number of nitrogens with zero attached hydrogens (tertiary/aromatic N) is 2. The van der Waals surface area contributed by atoms with Crippen LogP contribution in [0.25, 0.3) is 0 Å². The summed E-state index contributed by atoms with van der Waals surface area (Å²) in [6, 6.07) is 1.13. The van der Waals surface area contributed by atoms with Gasteiger partial charge in [-0.1, -0.05) is 13.3 Å². The fourth-order valence-electron chi connectivity index (χ4n) is 1.29. The number of amides is 2. The van der Waals surface area contributed by atoms with Crippen molar-refractivity contribution in [2.24, 2.45) is 0 Å². The Morgan fingerprint density at radius 1 is 1.59 bits per heavy atom. The molecule has 0 aliphatic carbocycles. The molecule has 17 heavy (non-hydrogen) atoms. The van der Waals surface area contributed by atoms with Crippen molar-refractivity contribution < 1.29 is 4.79 Å². The lowest BCUT2D eigenvalue weighted by molar-refractivity contribution is 0.237. The van der Waals surface area contributed by atoms with Crippen LogP contribution in [0.4, 0.5) is 10.6 Å². The van der Waals surface area contributed by atoms with Crippen LogP contribution in [-0.2, 0) is 0 Å². The van der Waals surface area contributed by atoms with Crippen molar-refractivity contribution in [2.75, 3.05) is 12.3 Å². The van der Waals surface area contributed by atoms with E-state index in [4.69, 9.17) is 5.73 Å². The fraction of sp³-hybridized carbons (Fsp3) is 0.545. The number of unbranched alkanes of at least 4 members (excludes halogenated alkanes) is 1. The fourth-order valence-corrected chi connectivity index (χ4v) is 1.29. The molecule has 0 fully saturated rings. The van der Waals surface area contributed by atoms with Crippen molar-refractivity contribution in [3.63, 3.8) is 0 Å². The minimum absolute atomic E-state index is 0.211. The average Bonchev–Trinajstić information content (AvgIpc) is 2.29. The lowest BCUT2D eigenvalue weighted by atomic mass is 10.3. The molecule has 0 bridgehead atoms. The summed E-state index contributed by atoms with van der Waals surface area (Å²) in [5.74, 6) is 0.908. The highest BCUT2D eigenvalue weighted by molar-refractivity contribution is 5.74. The topological polar surface area (TPSA) is 92.9 Å². The van der Waals surface area contributed by atoms with E-state index in [-0.39, 0.29) is 12.1 Å². The molecule has 0 spiro atoms. The first-order valence-corrected chi connectivity index (χ1v) is 5.76. The summed E-state index contributed by atoms with van der Waals surface area (Å²) in [7, 11) is 0. The summed E-state index contributed by atoms with van der Waals surface area (Å²) < 4.78 is 0. The Morgan fingerprint density at radius 3 is 3.00 bits per heavy atom. The highest BCUT2D eigenvalue weighted by Gasteiger charge is 2.11. The second-order valence-corrected chi connectivity index (χ2v) is 3.82. The maximum Gasteiger partial charge on any atom is 0.315 e. The molecule has 0 saturated carbocycles. The molecule has 94 valence electrons. The molecule has 0 saturated heterocycles. The van der Waals surface area contributed by atoms with Gasteiger partial charge in [-0.15, -0.1) is 0 Å². The number of rotatable bonds is 5. The number of nitrogens with one attached hydrogen (secondary N) is 2. The summed E-state index contributed by atoms with van der Waals surface area (Å²) in [5, 5.41) is 5.51. The molecule has 1 aromatic heterocycles. The van der Waals surface area contributed by atoms with Crippen LogP contribution in [0, 0.1) is 0 Å². The molecule has 1 rings (SSSR count). The van der Waals surface area contributed by atoms with E-state index in [0.717, 1.165) is 12.8 Å². The van der Waals surface area contributed by atoms with Crippen LogP contribution in [0.5, 0.6) is 0 Å². The van der Waals surface area contributed by atoms with Gasteiger partial charge in [0.2, 0.25) is 0 Å². The van der Waals surface area contributed by atoms with Crippen LogP contribution in [-0.4, -0.2) is 22.5 Å². The first-order valence-electron chi connectivity index (χ1n) is 5.76. The smallest absolute Gasteiger partial charge is 0.315 e. The second-order valence-electron chi connectivity index (χ2n) is 3.82. The Hall–Kier alpha value is -1.85. The third-order valence-electron chi connectivity index (χ3n) is 2.25. The monoisotopic (exact) mass is 237 g/mol. The molecule has 1 aromatic rings. The van der Waals surface area contributed by atoms with Gasteiger partial charge >= 0.3 is 6.03 Å². The number of nitrogen functional groups attached to an aromatic ring is 1. The van der Waals surface area contributed by atoms with E-state index >= 15 is 0 Å². The van der Waals surface area contributed by atoms with Gasteiger partial charge in [-0.3, -0.25) is 0 Å². The van der Waals surface area contributed by atoms with Crippen molar-refractivity contribution in [3.05, 3.63) is 18.1 Å². The van der Waals surface area contributed by atoms with Gasteiger partial charge in [0.25, 0.3) is 0 Å².